The minimum atomic E-state index is -5.87. The second kappa shape index (κ2) is 11.8. The molecule has 6 atom stereocenters. The highest BCUT2D eigenvalue weighted by molar-refractivity contribution is 5.68. The van der Waals surface area contributed by atoms with Gasteiger partial charge in [0.05, 0.1) is 6.10 Å². The van der Waals surface area contributed by atoms with Crippen molar-refractivity contribution in [3.05, 3.63) is 58.2 Å². The van der Waals surface area contributed by atoms with Crippen molar-refractivity contribution >= 4 is 6.09 Å². The molecule has 4 aliphatic carbocycles. The monoisotopic (exact) mass is 666 g/mol. The number of nitrogens with zero attached hydrogens (tertiary/aromatic N) is 2. The Morgan fingerprint density at radius 3 is 2.26 bits per heavy atom. The maximum absolute atomic E-state index is 15.3. The van der Waals surface area contributed by atoms with E-state index in [1.165, 1.54) is 6.92 Å². The smallest absolute Gasteiger partial charge is 0.444 e. The number of fused-ring (bicyclic) bond motifs is 4. The van der Waals surface area contributed by atoms with Crippen molar-refractivity contribution in [2.45, 2.75) is 115 Å². The fraction of sp³-hybridized carbons (Fsp3) is 0.694. The SMILES string of the molecule is CC(C)(C)OC(=O)N1CCN(Cc2ccc(C3C[C@@]4(C)C(CC[C@@]4(O)C(F)(F)C(F)(F)F)C4CCC5=C[C@H](O)CCC5=C34)cc2)CC1. The van der Waals surface area contributed by atoms with Crippen LogP contribution in [0.5, 0.6) is 0 Å². The van der Waals surface area contributed by atoms with E-state index in [1.807, 2.05) is 51.1 Å². The van der Waals surface area contributed by atoms with Crippen molar-refractivity contribution < 1.29 is 41.7 Å². The van der Waals surface area contributed by atoms with Gasteiger partial charge in [0.15, 0.2) is 0 Å². The van der Waals surface area contributed by atoms with Gasteiger partial charge in [-0.3, -0.25) is 4.90 Å². The Bertz CT molecular complexity index is 1430. The van der Waals surface area contributed by atoms with Gasteiger partial charge in [-0.2, -0.15) is 22.0 Å². The Morgan fingerprint density at radius 1 is 0.979 bits per heavy atom. The number of benzene rings is 1. The van der Waals surface area contributed by atoms with Crippen LogP contribution in [0.1, 0.15) is 89.7 Å². The molecular weight excluding hydrogens is 619 g/mol. The Kier molecular flexibility index (Phi) is 8.65. The van der Waals surface area contributed by atoms with Gasteiger partial charge in [0.25, 0.3) is 0 Å². The summed E-state index contributed by atoms with van der Waals surface area (Å²) >= 11 is 0. The zero-order valence-corrected chi connectivity index (χ0v) is 27.7. The topological polar surface area (TPSA) is 73.2 Å². The van der Waals surface area contributed by atoms with Gasteiger partial charge in [0.2, 0.25) is 0 Å². The maximum atomic E-state index is 15.3. The van der Waals surface area contributed by atoms with Crippen LogP contribution in [-0.4, -0.2) is 81.7 Å². The van der Waals surface area contributed by atoms with Crippen molar-refractivity contribution in [1.29, 1.82) is 0 Å². The second-order valence-corrected chi connectivity index (χ2v) is 15.6. The van der Waals surface area contributed by atoms with E-state index in [9.17, 15) is 28.2 Å². The number of ether oxygens (including phenoxy) is 1. The van der Waals surface area contributed by atoms with Crippen molar-refractivity contribution in [1.82, 2.24) is 9.80 Å². The standard InChI is InChI=1S/C36H47F5N2O4/c1-32(2,3)47-31(45)43-17-15-42(16-18-43)21-22-5-7-23(8-6-22)28-20-33(4)29(13-14-34(33,46)35(37,38)36(39,40)41)27-11-9-24-19-25(44)10-12-26(24)30(27)28/h5-8,19,25,27-29,44,46H,9-18,20-21H2,1-4H3/t25-,27?,28?,29?,33+,34+/m1/s1. The number of halogens is 5. The molecule has 0 radical (unpaired) electrons. The first-order valence-corrected chi connectivity index (χ1v) is 16.9. The van der Waals surface area contributed by atoms with Crippen LogP contribution in [0.2, 0.25) is 0 Å². The lowest BCUT2D eigenvalue weighted by atomic mass is 9.50. The number of aliphatic hydroxyl groups excluding tert-OH is 1. The van der Waals surface area contributed by atoms with Crippen LogP contribution in [0.15, 0.2) is 47.1 Å². The molecule has 6 nitrogen and oxygen atoms in total. The molecule has 6 rings (SSSR count). The lowest BCUT2D eigenvalue weighted by Gasteiger charge is -2.56. The fourth-order valence-electron chi connectivity index (χ4n) is 9.36. The molecule has 2 N–H and O–H groups in total. The Balaban J connectivity index is 1.27. The minimum Gasteiger partial charge on any atom is -0.444 e. The number of carbonyl (C=O) groups excluding carboxylic acids is 1. The number of alkyl halides is 5. The van der Waals surface area contributed by atoms with Crippen LogP contribution >= 0.6 is 0 Å². The highest BCUT2D eigenvalue weighted by Gasteiger charge is 2.79. The normalized spacial score (nSPS) is 33.6. The number of carbonyl (C=O) groups is 1. The molecule has 0 spiro atoms. The predicted octanol–water partition coefficient (Wildman–Crippen LogP) is 7.36. The van der Waals surface area contributed by atoms with Gasteiger partial charge in [0.1, 0.15) is 11.2 Å². The zero-order chi connectivity index (χ0) is 34.2. The number of allylic oxidation sites excluding steroid dienone is 3. The highest BCUT2D eigenvalue weighted by Crippen LogP contribution is 2.70. The van der Waals surface area contributed by atoms with Gasteiger partial charge in [0, 0.05) is 44.1 Å². The summed E-state index contributed by atoms with van der Waals surface area (Å²) in [4.78, 5) is 16.4. The van der Waals surface area contributed by atoms with Gasteiger partial charge < -0.3 is 19.8 Å². The van der Waals surface area contributed by atoms with Gasteiger partial charge in [-0.05, 0) is 99.8 Å². The van der Waals surface area contributed by atoms with Crippen LogP contribution < -0.4 is 0 Å². The first kappa shape index (κ1) is 34.4. The third kappa shape index (κ3) is 5.92. The minimum absolute atomic E-state index is 0.0169. The summed E-state index contributed by atoms with van der Waals surface area (Å²) in [6, 6.07) is 7.88. The van der Waals surface area contributed by atoms with E-state index < -0.39 is 53.1 Å². The summed E-state index contributed by atoms with van der Waals surface area (Å²) in [5, 5.41) is 21.9. The molecule has 1 aliphatic heterocycles. The molecule has 260 valence electrons. The van der Waals surface area contributed by atoms with E-state index >= 15 is 8.78 Å². The summed E-state index contributed by atoms with van der Waals surface area (Å²) in [6.07, 6.45) is -2.98. The Labute approximate surface area is 273 Å². The third-order valence-corrected chi connectivity index (χ3v) is 11.7. The predicted molar refractivity (Wildman–Crippen MR) is 167 cm³/mol. The van der Waals surface area contributed by atoms with E-state index in [0.717, 1.165) is 27.8 Å². The first-order chi connectivity index (χ1) is 21.8. The number of aliphatic hydroxyl groups is 2. The second-order valence-electron chi connectivity index (χ2n) is 15.6. The van der Waals surface area contributed by atoms with E-state index in [1.54, 1.807) is 4.90 Å². The largest absolute Gasteiger partial charge is 0.456 e. The van der Waals surface area contributed by atoms with E-state index in [-0.39, 0.29) is 24.9 Å². The number of hydrogen-bond acceptors (Lipinski definition) is 5. The van der Waals surface area contributed by atoms with E-state index in [4.69, 9.17) is 4.74 Å². The average molecular weight is 667 g/mol. The van der Waals surface area contributed by atoms with Gasteiger partial charge in [-0.25, -0.2) is 4.79 Å². The lowest BCUT2D eigenvalue weighted by Crippen LogP contribution is -2.65. The molecular formula is C36H47F5N2O4. The Morgan fingerprint density at radius 2 is 1.64 bits per heavy atom. The Hall–Kier alpha value is -2.50. The summed E-state index contributed by atoms with van der Waals surface area (Å²) in [5.74, 6) is -6.41. The molecule has 1 saturated heterocycles. The van der Waals surface area contributed by atoms with Crippen LogP contribution in [0.25, 0.3) is 0 Å². The van der Waals surface area contributed by atoms with Crippen LogP contribution in [0.4, 0.5) is 26.7 Å². The number of piperazine rings is 1. The van der Waals surface area contributed by atoms with Crippen LogP contribution in [-0.2, 0) is 11.3 Å². The molecule has 0 bridgehead atoms. The molecule has 1 aromatic carbocycles. The summed E-state index contributed by atoms with van der Waals surface area (Å²) < 4.78 is 77.6. The molecule has 3 unspecified atom stereocenters. The molecule has 11 heteroatoms. The summed E-state index contributed by atoms with van der Waals surface area (Å²) in [7, 11) is 0. The lowest BCUT2D eigenvalue weighted by molar-refractivity contribution is -0.362. The maximum Gasteiger partial charge on any atom is 0.456 e. The molecule has 1 heterocycles. The molecule has 1 amide bonds. The van der Waals surface area contributed by atoms with Crippen LogP contribution in [0, 0.1) is 17.3 Å². The van der Waals surface area contributed by atoms with E-state index in [0.29, 0.717) is 58.4 Å². The average Bonchev–Trinajstić information content (AvgIpc) is 3.27. The molecule has 0 aromatic heterocycles. The van der Waals surface area contributed by atoms with Crippen molar-refractivity contribution in [2.75, 3.05) is 26.2 Å². The number of amides is 1. The quantitative estimate of drug-likeness (QED) is 0.329. The van der Waals surface area contributed by atoms with Gasteiger partial charge in [-0.1, -0.05) is 42.8 Å². The molecule has 2 saturated carbocycles. The number of rotatable bonds is 4. The zero-order valence-electron chi connectivity index (χ0n) is 27.7. The molecule has 5 aliphatic rings. The molecule has 3 fully saturated rings. The fourth-order valence-corrected chi connectivity index (χ4v) is 9.36. The third-order valence-electron chi connectivity index (χ3n) is 11.7. The molecule has 1 aromatic rings. The first-order valence-electron chi connectivity index (χ1n) is 16.9. The number of hydrogen-bond donors (Lipinski definition) is 2. The van der Waals surface area contributed by atoms with E-state index in [2.05, 4.69) is 4.90 Å². The van der Waals surface area contributed by atoms with Gasteiger partial charge in [-0.15, -0.1) is 0 Å². The van der Waals surface area contributed by atoms with Crippen molar-refractivity contribution in [3.8, 4) is 0 Å². The highest BCUT2D eigenvalue weighted by atomic mass is 19.4. The van der Waals surface area contributed by atoms with Crippen molar-refractivity contribution in [2.24, 2.45) is 17.3 Å². The van der Waals surface area contributed by atoms with Crippen LogP contribution in [0.3, 0.4) is 0 Å². The summed E-state index contributed by atoms with van der Waals surface area (Å²) in [5.41, 5.74) is -0.296. The van der Waals surface area contributed by atoms with Gasteiger partial charge >= 0.3 is 18.2 Å². The summed E-state index contributed by atoms with van der Waals surface area (Å²) in [6.45, 7) is 10.1. The molecule has 47 heavy (non-hydrogen) atoms. The van der Waals surface area contributed by atoms with Crippen molar-refractivity contribution in [3.63, 3.8) is 0 Å².